The average molecular weight is 437 g/mol. The van der Waals surface area contributed by atoms with Crippen LogP contribution in [0.15, 0.2) is 44.4 Å². The molecule has 0 aliphatic carbocycles. The van der Waals surface area contributed by atoms with Gasteiger partial charge in [-0.05, 0) is 12.0 Å². The van der Waals surface area contributed by atoms with E-state index in [1.165, 1.54) is 28.7 Å². The standard InChI is InChI=1S/C18H20N4OS4/c1-2-8-19-15(23)12-26-18-22-21-17(27-18)25-11-14-10-24-16(20-14)9-13-6-4-3-5-7-13/h3-7,10H,2,8-9,11-12H2,1H3,(H,19,23). The highest BCUT2D eigenvalue weighted by Crippen LogP contribution is 2.31. The number of thioether (sulfide) groups is 2. The maximum atomic E-state index is 11.6. The predicted octanol–water partition coefficient (Wildman–Crippen LogP) is 4.50. The van der Waals surface area contributed by atoms with E-state index in [1.807, 2.05) is 13.0 Å². The van der Waals surface area contributed by atoms with Gasteiger partial charge in [-0.3, -0.25) is 4.79 Å². The molecule has 0 bridgehead atoms. The molecule has 3 rings (SSSR count). The number of hydrogen-bond acceptors (Lipinski definition) is 8. The van der Waals surface area contributed by atoms with Crippen LogP contribution in [0.2, 0.25) is 0 Å². The first kappa shape index (κ1) is 20.3. The summed E-state index contributed by atoms with van der Waals surface area (Å²) in [6, 6.07) is 10.4. The topological polar surface area (TPSA) is 67.8 Å². The van der Waals surface area contributed by atoms with Gasteiger partial charge in [-0.2, -0.15) is 0 Å². The number of hydrogen-bond donors (Lipinski definition) is 1. The molecule has 0 aliphatic rings. The summed E-state index contributed by atoms with van der Waals surface area (Å²) in [7, 11) is 0. The molecule has 2 heterocycles. The van der Waals surface area contributed by atoms with E-state index < -0.39 is 0 Å². The first-order valence-electron chi connectivity index (χ1n) is 8.56. The Balaban J connectivity index is 1.44. The summed E-state index contributed by atoms with van der Waals surface area (Å²) in [5.41, 5.74) is 2.35. The van der Waals surface area contributed by atoms with Gasteiger partial charge in [-0.1, -0.05) is 72.1 Å². The van der Waals surface area contributed by atoms with Gasteiger partial charge in [-0.25, -0.2) is 4.98 Å². The van der Waals surface area contributed by atoms with E-state index in [1.54, 1.807) is 23.1 Å². The van der Waals surface area contributed by atoms with Gasteiger partial charge in [0.25, 0.3) is 0 Å². The number of carbonyl (C=O) groups is 1. The van der Waals surface area contributed by atoms with E-state index in [9.17, 15) is 4.79 Å². The Labute approximate surface area is 175 Å². The van der Waals surface area contributed by atoms with Crippen molar-refractivity contribution in [3.63, 3.8) is 0 Å². The third-order valence-electron chi connectivity index (χ3n) is 3.43. The summed E-state index contributed by atoms with van der Waals surface area (Å²) >= 11 is 6.29. The van der Waals surface area contributed by atoms with Crippen LogP contribution in [0.25, 0.3) is 0 Å². The third-order valence-corrected chi connectivity index (χ3v) is 7.55. The van der Waals surface area contributed by atoms with E-state index in [4.69, 9.17) is 4.98 Å². The minimum Gasteiger partial charge on any atom is -0.355 e. The lowest BCUT2D eigenvalue weighted by Crippen LogP contribution is -2.25. The zero-order valence-electron chi connectivity index (χ0n) is 14.9. The zero-order valence-corrected chi connectivity index (χ0v) is 18.1. The Bertz CT molecular complexity index is 850. The second-order valence-electron chi connectivity index (χ2n) is 5.66. The second-order valence-corrected chi connectivity index (χ2v) is 10.0. The second kappa shape index (κ2) is 10.8. The van der Waals surface area contributed by atoms with E-state index >= 15 is 0 Å². The highest BCUT2D eigenvalue weighted by molar-refractivity contribution is 8.03. The van der Waals surface area contributed by atoms with Crippen LogP contribution in [0.3, 0.4) is 0 Å². The number of aromatic nitrogens is 3. The van der Waals surface area contributed by atoms with Crippen LogP contribution >= 0.6 is 46.2 Å². The maximum absolute atomic E-state index is 11.6. The number of nitrogens with zero attached hydrogens (tertiary/aromatic N) is 3. The summed E-state index contributed by atoms with van der Waals surface area (Å²) in [4.78, 5) is 16.3. The van der Waals surface area contributed by atoms with Crippen molar-refractivity contribution in [3.8, 4) is 0 Å². The molecule has 3 aromatic rings. The van der Waals surface area contributed by atoms with Crippen LogP contribution in [0.1, 0.15) is 29.6 Å². The van der Waals surface area contributed by atoms with Crippen molar-refractivity contribution in [2.24, 2.45) is 0 Å². The first-order valence-corrected chi connectivity index (χ1v) is 12.2. The fourth-order valence-electron chi connectivity index (χ4n) is 2.16. The van der Waals surface area contributed by atoms with Crippen LogP contribution in [0, 0.1) is 0 Å². The van der Waals surface area contributed by atoms with Crippen molar-refractivity contribution < 1.29 is 4.79 Å². The summed E-state index contributed by atoms with van der Waals surface area (Å²) in [5, 5.41) is 14.5. The van der Waals surface area contributed by atoms with Gasteiger partial charge in [0.05, 0.1) is 16.5 Å². The van der Waals surface area contributed by atoms with E-state index in [-0.39, 0.29) is 5.91 Å². The van der Waals surface area contributed by atoms with Crippen molar-refractivity contribution in [1.29, 1.82) is 0 Å². The molecule has 1 aromatic carbocycles. The molecule has 0 saturated carbocycles. The molecule has 0 radical (unpaired) electrons. The van der Waals surface area contributed by atoms with Crippen molar-refractivity contribution in [1.82, 2.24) is 20.5 Å². The Morgan fingerprint density at radius 3 is 2.70 bits per heavy atom. The van der Waals surface area contributed by atoms with Gasteiger partial charge in [0, 0.05) is 24.1 Å². The molecule has 1 N–H and O–H groups in total. The van der Waals surface area contributed by atoms with E-state index in [0.29, 0.717) is 5.75 Å². The number of carbonyl (C=O) groups excluding carboxylic acids is 1. The van der Waals surface area contributed by atoms with Gasteiger partial charge in [0.1, 0.15) is 0 Å². The fourth-order valence-corrected chi connectivity index (χ4v) is 5.84. The summed E-state index contributed by atoms with van der Waals surface area (Å²) < 4.78 is 1.73. The molecule has 0 atom stereocenters. The molecular formula is C18H20N4OS4. The fraction of sp³-hybridized carbons (Fsp3) is 0.333. The molecule has 0 spiro atoms. The van der Waals surface area contributed by atoms with Crippen molar-refractivity contribution >= 4 is 52.1 Å². The lowest BCUT2D eigenvalue weighted by molar-refractivity contribution is -0.118. The number of benzene rings is 1. The molecule has 0 fully saturated rings. The molecule has 5 nitrogen and oxygen atoms in total. The molecule has 0 saturated heterocycles. The van der Waals surface area contributed by atoms with Crippen LogP contribution in [0.5, 0.6) is 0 Å². The van der Waals surface area contributed by atoms with Crippen molar-refractivity contribution in [3.05, 3.63) is 52.0 Å². The highest BCUT2D eigenvalue weighted by atomic mass is 32.2. The van der Waals surface area contributed by atoms with Crippen molar-refractivity contribution in [2.45, 2.75) is 34.2 Å². The first-order chi connectivity index (χ1) is 13.2. The Morgan fingerprint density at radius 1 is 1.15 bits per heavy atom. The summed E-state index contributed by atoms with van der Waals surface area (Å²) in [6.45, 7) is 2.76. The van der Waals surface area contributed by atoms with Crippen LogP contribution in [0.4, 0.5) is 0 Å². The van der Waals surface area contributed by atoms with Gasteiger partial charge >= 0.3 is 0 Å². The quantitative estimate of drug-likeness (QED) is 0.472. The van der Waals surface area contributed by atoms with Crippen LogP contribution in [-0.4, -0.2) is 33.4 Å². The lowest BCUT2D eigenvalue weighted by Gasteiger charge is -2.00. The maximum Gasteiger partial charge on any atom is 0.230 e. The zero-order chi connectivity index (χ0) is 18.9. The average Bonchev–Trinajstić information content (AvgIpc) is 3.33. The van der Waals surface area contributed by atoms with Crippen molar-refractivity contribution in [2.75, 3.05) is 12.3 Å². The Kier molecular flexibility index (Phi) is 8.12. The minimum absolute atomic E-state index is 0.0414. The molecule has 1 amide bonds. The molecule has 9 heteroatoms. The Morgan fingerprint density at radius 2 is 1.93 bits per heavy atom. The minimum atomic E-state index is 0.0414. The van der Waals surface area contributed by atoms with Gasteiger partial charge in [-0.15, -0.1) is 21.5 Å². The number of nitrogens with one attached hydrogen (secondary N) is 1. The lowest BCUT2D eigenvalue weighted by atomic mass is 10.2. The summed E-state index contributed by atoms with van der Waals surface area (Å²) in [6.07, 6.45) is 1.82. The van der Waals surface area contributed by atoms with Crippen LogP contribution in [-0.2, 0) is 17.0 Å². The number of amides is 1. The number of rotatable bonds is 10. The smallest absolute Gasteiger partial charge is 0.230 e. The molecule has 0 unspecified atom stereocenters. The summed E-state index contributed by atoms with van der Waals surface area (Å²) in [5.74, 6) is 1.20. The van der Waals surface area contributed by atoms with Crippen LogP contribution < -0.4 is 5.32 Å². The molecule has 0 aliphatic heterocycles. The molecule has 142 valence electrons. The Hall–Kier alpha value is -1.42. The molecular weight excluding hydrogens is 416 g/mol. The predicted molar refractivity (Wildman–Crippen MR) is 115 cm³/mol. The van der Waals surface area contributed by atoms with Gasteiger partial charge < -0.3 is 5.32 Å². The molecule has 27 heavy (non-hydrogen) atoms. The van der Waals surface area contributed by atoms with Gasteiger partial charge in [0.15, 0.2) is 8.68 Å². The van der Waals surface area contributed by atoms with Gasteiger partial charge in [0.2, 0.25) is 5.91 Å². The normalized spacial score (nSPS) is 10.9. The van der Waals surface area contributed by atoms with E-state index in [2.05, 4.69) is 45.2 Å². The van der Waals surface area contributed by atoms with E-state index in [0.717, 1.165) is 44.5 Å². The third kappa shape index (κ3) is 6.91. The SMILES string of the molecule is CCCNC(=O)CSc1nnc(SCc2csc(Cc3ccccc3)n2)s1. The monoisotopic (exact) mass is 436 g/mol. The highest BCUT2D eigenvalue weighted by Gasteiger charge is 2.10. The number of thiazole rings is 1. The largest absolute Gasteiger partial charge is 0.355 e. The molecule has 2 aromatic heterocycles.